The molecule has 1 aromatic rings. The van der Waals surface area contributed by atoms with Crippen LogP contribution in [0.3, 0.4) is 0 Å². The largest absolute Gasteiger partial charge is 0.373 e. The molecule has 0 unspecified atom stereocenters. The van der Waals surface area contributed by atoms with Gasteiger partial charge < -0.3 is 10.6 Å². The average Bonchev–Trinajstić information content (AvgIpc) is 2.54. The molecule has 0 aromatic carbocycles. The number of nitrogens with zero attached hydrogens (tertiary/aromatic N) is 2. The van der Waals surface area contributed by atoms with Gasteiger partial charge in [0.2, 0.25) is 0 Å². The second-order valence-electron chi connectivity index (χ2n) is 4.82. The van der Waals surface area contributed by atoms with Gasteiger partial charge >= 0.3 is 6.03 Å². The van der Waals surface area contributed by atoms with E-state index in [1.165, 1.54) is 0 Å². The molecule has 2 rings (SSSR count). The zero-order chi connectivity index (χ0) is 14.2. The van der Waals surface area contributed by atoms with Gasteiger partial charge in [-0.1, -0.05) is 11.6 Å². The van der Waals surface area contributed by atoms with E-state index in [-0.39, 0.29) is 12.5 Å². The molecule has 19 heavy (non-hydrogen) atoms. The molecule has 0 spiro atoms. The molecule has 1 aromatic heterocycles. The molecule has 0 bridgehead atoms. The van der Waals surface area contributed by atoms with Crippen LogP contribution in [0.5, 0.6) is 0 Å². The minimum atomic E-state index is -0.885. The molecule has 0 radical (unpaired) electrons. The van der Waals surface area contributed by atoms with Gasteiger partial charge in [0, 0.05) is 7.05 Å². The van der Waals surface area contributed by atoms with Gasteiger partial charge in [0.1, 0.15) is 11.4 Å². The summed E-state index contributed by atoms with van der Waals surface area (Å²) in [6.45, 7) is 3.38. The van der Waals surface area contributed by atoms with E-state index in [9.17, 15) is 9.59 Å². The van der Waals surface area contributed by atoms with Gasteiger partial charge in [-0.25, -0.2) is 9.78 Å². The van der Waals surface area contributed by atoms with Gasteiger partial charge in [0.05, 0.1) is 17.3 Å². The van der Waals surface area contributed by atoms with Crippen molar-refractivity contribution in [1.82, 2.24) is 15.2 Å². The first-order chi connectivity index (χ1) is 8.85. The standard InChI is InChI=1S/C12H15ClN4O2/c1-12(2)10(18)17(11(19)16-12)6-8-7(13)4-5-9(14-3)15-8/h4-5H,6H2,1-3H3,(H,14,15)(H,16,19). The summed E-state index contributed by atoms with van der Waals surface area (Å²) in [6, 6.07) is 2.98. The Morgan fingerprint density at radius 3 is 2.63 bits per heavy atom. The van der Waals surface area contributed by atoms with Gasteiger partial charge in [0.25, 0.3) is 5.91 Å². The normalized spacial score (nSPS) is 17.6. The summed E-state index contributed by atoms with van der Waals surface area (Å²) in [5.74, 6) is 0.343. The van der Waals surface area contributed by atoms with E-state index >= 15 is 0 Å². The molecule has 0 aliphatic carbocycles. The molecule has 0 atom stereocenters. The number of anilines is 1. The Morgan fingerprint density at radius 1 is 1.42 bits per heavy atom. The third kappa shape index (κ3) is 2.49. The van der Waals surface area contributed by atoms with Gasteiger partial charge in [-0.05, 0) is 26.0 Å². The fourth-order valence-electron chi connectivity index (χ4n) is 1.85. The number of imide groups is 1. The summed E-state index contributed by atoms with van der Waals surface area (Å²) >= 11 is 6.04. The number of nitrogens with one attached hydrogen (secondary N) is 2. The molecule has 1 saturated heterocycles. The van der Waals surface area contributed by atoms with Crippen LogP contribution in [0.4, 0.5) is 10.6 Å². The molecular weight excluding hydrogens is 268 g/mol. The quantitative estimate of drug-likeness (QED) is 0.826. The predicted molar refractivity (Wildman–Crippen MR) is 72.0 cm³/mol. The Morgan fingerprint density at radius 2 is 2.11 bits per heavy atom. The van der Waals surface area contributed by atoms with Crippen LogP contribution < -0.4 is 10.6 Å². The van der Waals surface area contributed by atoms with Crippen LogP contribution in [0.2, 0.25) is 5.02 Å². The van der Waals surface area contributed by atoms with Crippen molar-refractivity contribution < 1.29 is 9.59 Å². The summed E-state index contributed by atoms with van der Waals surface area (Å²) in [5, 5.41) is 5.92. The molecule has 2 N–H and O–H groups in total. The highest BCUT2D eigenvalue weighted by Crippen LogP contribution is 2.23. The molecule has 7 heteroatoms. The van der Waals surface area contributed by atoms with Gasteiger partial charge in [-0.3, -0.25) is 9.69 Å². The van der Waals surface area contributed by atoms with E-state index < -0.39 is 11.6 Å². The van der Waals surface area contributed by atoms with Crippen molar-refractivity contribution in [2.45, 2.75) is 25.9 Å². The van der Waals surface area contributed by atoms with Crippen LogP contribution in [0.1, 0.15) is 19.5 Å². The fraction of sp³-hybridized carbons (Fsp3) is 0.417. The monoisotopic (exact) mass is 282 g/mol. The van der Waals surface area contributed by atoms with E-state index in [1.807, 2.05) is 0 Å². The highest BCUT2D eigenvalue weighted by Gasteiger charge is 2.44. The third-order valence-electron chi connectivity index (χ3n) is 2.93. The van der Waals surface area contributed by atoms with Crippen LogP contribution in [-0.4, -0.2) is 34.4 Å². The number of aromatic nitrogens is 1. The average molecular weight is 283 g/mol. The zero-order valence-electron chi connectivity index (χ0n) is 11.0. The molecule has 3 amide bonds. The summed E-state index contributed by atoms with van der Waals surface area (Å²) in [6.07, 6.45) is 0. The zero-order valence-corrected chi connectivity index (χ0v) is 11.7. The first-order valence-electron chi connectivity index (χ1n) is 5.82. The number of hydrogen-bond acceptors (Lipinski definition) is 4. The lowest BCUT2D eigenvalue weighted by molar-refractivity contribution is -0.130. The smallest absolute Gasteiger partial charge is 0.325 e. The third-order valence-corrected chi connectivity index (χ3v) is 3.27. The number of rotatable bonds is 3. The van der Waals surface area contributed by atoms with Crippen molar-refractivity contribution >= 4 is 29.4 Å². The molecule has 6 nitrogen and oxygen atoms in total. The van der Waals surface area contributed by atoms with Crippen molar-refractivity contribution in [3.05, 3.63) is 22.8 Å². The Kier molecular flexibility index (Phi) is 3.36. The molecule has 102 valence electrons. The van der Waals surface area contributed by atoms with E-state index in [0.717, 1.165) is 4.90 Å². The molecule has 1 aliphatic rings. The highest BCUT2D eigenvalue weighted by atomic mass is 35.5. The number of carbonyl (C=O) groups is 2. The topological polar surface area (TPSA) is 74.3 Å². The van der Waals surface area contributed by atoms with Crippen molar-refractivity contribution in [3.63, 3.8) is 0 Å². The van der Waals surface area contributed by atoms with Gasteiger partial charge in [0.15, 0.2) is 0 Å². The lowest BCUT2D eigenvalue weighted by Gasteiger charge is -2.16. The number of hydrogen-bond donors (Lipinski definition) is 2. The van der Waals surface area contributed by atoms with Crippen LogP contribution >= 0.6 is 11.6 Å². The van der Waals surface area contributed by atoms with E-state index in [4.69, 9.17) is 11.6 Å². The second-order valence-corrected chi connectivity index (χ2v) is 5.23. The maximum absolute atomic E-state index is 12.1. The maximum atomic E-state index is 12.1. The van der Waals surface area contributed by atoms with Crippen LogP contribution in [0.15, 0.2) is 12.1 Å². The summed E-state index contributed by atoms with van der Waals surface area (Å²) in [7, 11) is 1.73. The van der Waals surface area contributed by atoms with Crippen LogP contribution in [0.25, 0.3) is 0 Å². The number of carbonyl (C=O) groups excluding carboxylic acids is 2. The Balaban J connectivity index is 2.27. The minimum Gasteiger partial charge on any atom is -0.373 e. The number of urea groups is 1. The maximum Gasteiger partial charge on any atom is 0.325 e. The molecule has 2 heterocycles. The van der Waals surface area contributed by atoms with Crippen molar-refractivity contribution in [1.29, 1.82) is 0 Å². The van der Waals surface area contributed by atoms with Crippen molar-refractivity contribution in [2.75, 3.05) is 12.4 Å². The molecule has 1 aliphatic heterocycles. The second kappa shape index (κ2) is 4.70. The fourth-order valence-corrected chi connectivity index (χ4v) is 2.01. The summed E-state index contributed by atoms with van der Waals surface area (Å²) in [4.78, 5) is 29.2. The number of pyridine rings is 1. The lowest BCUT2D eigenvalue weighted by atomic mass is 10.1. The SMILES string of the molecule is CNc1ccc(Cl)c(CN2C(=O)NC(C)(C)C2=O)n1. The molecule has 0 saturated carbocycles. The molecular formula is C12H15ClN4O2. The van der Waals surface area contributed by atoms with Gasteiger partial charge in [-0.15, -0.1) is 0 Å². The Hall–Kier alpha value is -1.82. The van der Waals surface area contributed by atoms with E-state index in [2.05, 4.69) is 15.6 Å². The highest BCUT2D eigenvalue weighted by molar-refractivity contribution is 6.31. The summed E-state index contributed by atoms with van der Waals surface area (Å²) in [5.41, 5.74) is -0.404. The number of halogens is 1. The first-order valence-corrected chi connectivity index (χ1v) is 6.20. The Bertz CT molecular complexity index is 545. The number of amides is 3. The van der Waals surface area contributed by atoms with E-state index in [1.54, 1.807) is 33.0 Å². The van der Waals surface area contributed by atoms with Crippen molar-refractivity contribution in [3.8, 4) is 0 Å². The minimum absolute atomic E-state index is 0.0580. The summed E-state index contributed by atoms with van der Waals surface area (Å²) < 4.78 is 0. The van der Waals surface area contributed by atoms with Crippen molar-refractivity contribution in [2.24, 2.45) is 0 Å². The van der Waals surface area contributed by atoms with Crippen LogP contribution in [-0.2, 0) is 11.3 Å². The van der Waals surface area contributed by atoms with E-state index in [0.29, 0.717) is 16.5 Å². The lowest BCUT2D eigenvalue weighted by Crippen LogP contribution is -2.40. The van der Waals surface area contributed by atoms with Crippen LogP contribution in [0, 0.1) is 0 Å². The predicted octanol–water partition coefficient (Wildman–Crippen LogP) is 1.61. The molecule has 1 fully saturated rings. The Labute approximate surface area is 116 Å². The first kappa shape index (κ1) is 13.6. The van der Waals surface area contributed by atoms with Gasteiger partial charge in [-0.2, -0.15) is 0 Å².